The Kier molecular flexibility index (Phi) is 5.78. The van der Waals surface area contributed by atoms with Crippen molar-refractivity contribution in [2.45, 2.75) is 40.0 Å². The fourth-order valence-corrected chi connectivity index (χ4v) is 2.91. The summed E-state index contributed by atoms with van der Waals surface area (Å²) in [5.41, 5.74) is 1.91. The number of allylic oxidation sites excluding steroid dienone is 1. The van der Waals surface area contributed by atoms with E-state index in [1.807, 2.05) is 33.8 Å². The van der Waals surface area contributed by atoms with Crippen LogP contribution in [0.5, 0.6) is 5.75 Å². The second-order valence-corrected chi connectivity index (χ2v) is 6.86. The van der Waals surface area contributed by atoms with E-state index in [1.54, 1.807) is 24.3 Å². The molecule has 0 spiro atoms. The maximum absolute atomic E-state index is 12.3. The SMILES string of the molecule is CC(C)=CCOc1ccc([C@H]2C(=O)N(O)C(=O)[C@@H]2CC(C)C)cc1. The number of nitrogens with zero attached hydrogens (tertiary/aromatic N) is 1. The highest BCUT2D eigenvalue weighted by Crippen LogP contribution is 2.38. The summed E-state index contributed by atoms with van der Waals surface area (Å²) >= 11 is 0. The number of imide groups is 1. The van der Waals surface area contributed by atoms with E-state index >= 15 is 0 Å². The molecule has 5 heteroatoms. The molecule has 1 aromatic carbocycles. The predicted molar refractivity (Wildman–Crippen MR) is 90.7 cm³/mol. The number of hydrogen-bond donors (Lipinski definition) is 1. The number of hydroxylamine groups is 2. The van der Waals surface area contributed by atoms with Crippen LogP contribution in [0.25, 0.3) is 0 Å². The van der Waals surface area contributed by atoms with Crippen molar-refractivity contribution in [3.63, 3.8) is 0 Å². The average Bonchev–Trinajstić information content (AvgIpc) is 2.72. The number of carbonyl (C=O) groups is 2. The Morgan fingerprint density at radius 1 is 1.21 bits per heavy atom. The van der Waals surface area contributed by atoms with Gasteiger partial charge in [-0.2, -0.15) is 5.06 Å². The summed E-state index contributed by atoms with van der Waals surface area (Å²) in [6.45, 7) is 8.49. The molecule has 0 radical (unpaired) electrons. The van der Waals surface area contributed by atoms with E-state index in [9.17, 15) is 14.8 Å². The Morgan fingerprint density at radius 2 is 1.83 bits per heavy atom. The Hall–Kier alpha value is -2.14. The maximum Gasteiger partial charge on any atom is 0.261 e. The Labute approximate surface area is 142 Å². The number of carbonyl (C=O) groups excluding carboxylic acids is 2. The number of ether oxygens (including phenoxy) is 1. The highest BCUT2D eigenvalue weighted by Gasteiger charge is 2.48. The summed E-state index contributed by atoms with van der Waals surface area (Å²) in [6, 6.07) is 7.16. The molecule has 24 heavy (non-hydrogen) atoms. The fourth-order valence-electron chi connectivity index (χ4n) is 2.91. The number of hydrogen-bond acceptors (Lipinski definition) is 4. The number of benzene rings is 1. The standard InChI is InChI=1S/C19H25NO4/c1-12(2)9-10-24-15-7-5-14(6-8-15)17-16(11-13(3)4)18(21)20(23)19(17)22/h5-9,13,16-17,23H,10-11H2,1-4H3/t16-,17-/m1/s1. The first-order chi connectivity index (χ1) is 11.3. The molecule has 0 aromatic heterocycles. The molecule has 0 saturated carbocycles. The molecule has 1 saturated heterocycles. The van der Waals surface area contributed by atoms with Gasteiger partial charge in [0.15, 0.2) is 0 Å². The highest BCUT2D eigenvalue weighted by atomic mass is 16.5. The van der Waals surface area contributed by atoms with Crippen LogP contribution in [0.4, 0.5) is 0 Å². The van der Waals surface area contributed by atoms with E-state index in [0.717, 1.165) is 5.56 Å². The third-order valence-corrected chi connectivity index (χ3v) is 4.11. The molecular weight excluding hydrogens is 306 g/mol. The van der Waals surface area contributed by atoms with E-state index in [0.29, 0.717) is 18.8 Å². The topological polar surface area (TPSA) is 66.8 Å². The van der Waals surface area contributed by atoms with E-state index in [2.05, 4.69) is 0 Å². The minimum Gasteiger partial charge on any atom is -0.490 e. The van der Waals surface area contributed by atoms with Gasteiger partial charge in [-0.15, -0.1) is 0 Å². The molecule has 5 nitrogen and oxygen atoms in total. The van der Waals surface area contributed by atoms with Crippen LogP contribution >= 0.6 is 0 Å². The zero-order valence-electron chi connectivity index (χ0n) is 14.7. The molecule has 2 atom stereocenters. The first kappa shape index (κ1) is 18.2. The van der Waals surface area contributed by atoms with Crippen molar-refractivity contribution in [1.82, 2.24) is 5.06 Å². The Balaban J connectivity index is 2.17. The molecule has 0 bridgehead atoms. The van der Waals surface area contributed by atoms with Gasteiger partial charge in [0.25, 0.3) is 11.8 Å². The van der Waals surface area contributed by atoms with Crippen LogP contribution in [-0.2, 0) is 9.59 Å². The van der Waals surface area contributed by atoms with Crippen molar-refractivity contribution in [2.75, 3.05) is 6.61 Å². The largest absolute Gasteiger partial charge is 0.490 e. The van der Waals surface area contributed by atoms with Crippen molar-refractivity contribution in [2.24, 2.45) is 11.8 Å². The van der Waals surface area contributed by atoms with Crippen LogP contribution in [0.15, 0.2) is 35.9 Å². The lowest BCUT2D eigenvalue weighted by Crippen LogP contribution is -2.27. The zero-order valence-corrected chi connectivity index (χ0v) is 14.7. The van der Waals surface area contributed by atoms with Crippen LogP contribution in [0, 0.1) is 11.8 Å². The van der Waals surface area contributed by atoms with Gasteiger partial charge >= 0.3 is 0 Å². The quantitative estimate of drug-likeness (QED) is 0.492. The van der Waals surface area contributed by atoms with Gasteiger partial charge in [0, 0.05) is 0 Å². The van der Waals surface area contributed by atoms with Gasteiger partial charge < -0.3 is 4.74 Å². The highest BCUT2D eigenvalue weighted by molar-refractivity contribution is 6.06. The first-order valence-corrected chi connectivity index (χ1v) is 8.24. The molecule has 0 unspecified atom stereocenters. The van der Waals surface area contributed by atoms with Gasteiger partial charge in [0.05, 0.1) is 11.8 Å². The van der Waals surface area contributed by atoms with Crippen LogP contribution in [0.3, 0.4) is 0 Å². The fraction of sp³-hybridized carbons (Fsp3) is 0.474. The smallest absolute Gasteiger partial charge is 0.261 e. The summed E-state index contributed by atoms with van der Waals surface area (Å²) in [7, 11) is 0. The average molecular weight is 331 g/mol. The third-order valence-electron chi connectivity index (χ3n) is 4.11. The molecular formula is C19H25NO4. The molecule has 0 aliphatic carbocycles. The van der Waals surface area contributed by atoms with Crippen molar-refractivity contribution in [1.29, 1.82) is 0 Å². The van der Waals surface area contributed by atoms with Gasteiger partial charge in [-0.25, -0.2) is 0 Å². The van der Waals surface area contributed by atoms with Crippen LogP contribution in [-0.4, -0.2) is 28.7 Å². The van der Waals surface area contributed by atoms with Gasteiger partial charge in [-0.05, 0) is 50.0 Å². The molecule has 1 fully saturated rings. The number of amides is 2. The lowest BCUT2D eigenvalue weighted by Gasteiger charge is -2.17. The third kappa shape index (κ3) is 4.03. The van der Waals surface area contributed by atoms with Gasteiger partial charge in [-0.1, -0.05) is 31.6 Å². The minimum atomic E-state index is -0.628. The molecule has 1 heterocycles. The first-order valence-electron chi connectivity index (χ1n) is 8.24. The molecule has 1 N–H and O–H groups in total. The molecule has 2 amide bonds. The van der Waals surface area contributed by atoms with Crippen molar-refractivity contribution >= 4 is 11.8 Å². The lowest BCUT2D eigenvalue weighted by atomic mass is 9.83. The Morgan fingerprint density at radius 3 is 2.38 bits per heavy atom. The second-order valence-electron chi connectivity index (χ2n) is 6.86. The summed E-state index contributed by atoms with van der Waals surface area (Å²) in [5, 5.41) is 9.98. The molecule has 1 aliphatic rings. The molecule has 1 aliphatic heterocycles. The lowest BCUT2D eigenvalue weighted by molar-refractivity contribution is -0.172. The normalized spacial score (nSPS) is 20.7. The van der Waals surface area contributed by atoms with Crippen molar-refractivity contribution < 1.29 is 19.5 Å². The molecule has 2 rings (SSSR count). The van der Waals surface area contributed by atoms with Crippen molar-refractivity contribution in [3.05, 3.63) is 41.5 Å². The monoisotopic (exact) mass is 331 g/mol. The van der Waals surface area contributed by atoms with Crippen molar-refractivity contribution in [3.8, 4) is 5.75 Å². The zero-order chi connectivity index (χ0) is 17.9. The van der Waals surface area contributed by atoms with E-state index < -0.39 is 23.7 Å². The van der Waals surface area contributed by atoms with Gasteiger partial charge in [0.2, 0.25) is 0 Å². The maximum atomic E-state index is 12.3. The summed E-state index contributed by atoms with van der Waals surface area (Å²) in [4.78, 5) is 24.4. The van der Waals surface area contributed by atoms with E-state index in [-0.39, 0.29) is 11.0 Å². The van der Waals surface area contributed by atoms with Crippen LogP contribution in [0.1, 0.15) is 45.6 Å². The Bertz CT molecular complexity index is 629. The van der Waals surface area contributed by atoms with Crippen LogP contribution in [0.2, 0.25) is 0 Å². The van der Waals surface area contributed by atoms with E-state index in [4.69, 9.17) is 4.74 Å². The minimum absolute atomic E-state index is 0.257. The molecule has 130 valence electrons. The van der Waals surface area contributed by atoms with E-state index in [1.165, 1.54) is 5.57 Å². The predicted octanol–water partition coefficient (Wildman–Crippen LogP) is 3.54. The summed E-state index contributed by atoms with van der Waals surface area (Å²) < 4.78 is 5.61. The molecule has 1 aromatic rings. The van der Waals surface area contributed by atoms with Gasteiger partial charge in [-0.3, -0.25) is 14.8 Å². The van der Waals surface area contributed by atoms with Gasteiger partial charge in [0.1, 0.15) is 12.4 Å². The summed E-state index contributed by atoms with van der Waals surface area (Å²) in [5.74, 6) is -1.25. The number of rotatable bonds is 6. The van der Waals surface area contributed by atoms with Crippen LogP contribution < -0.4 is 4.74 Å². The summed E-state index contributed by atoms with van der Waals surface area (Å²) in [6.07, 6.45) is 2.54. The second kappa shape index (κ2) is 7.62.